The summed E-state index contributed by atoms with van der Waals surface area (Å²) >= 11 is 11.9. The van der Waals surface area contributed by atoms with Gasteiger partial charge in [0.1, 0.15) is 0 Å². The van der Waals surface area contributed by atoms with Crippen LogP contribution >= 0.6 is 48.8 Å². The van der Waals surface area contributed by atoms with E-state index in [0.29, 0.717) is 82.4 Å². The van der Waals surface area contributed by atoms with Crippen LogP contribution in [-0.4, -0.2) is 57.0 Å². The molecule has 10 aliphatic carbocycles. The average Bonchev–Trinajstić information content (AvgIpc) is 1.54. The first-order chi connectivity index (χ1) is 66.4. The smallest absolute Gasteiger partial charge is 0.423 e. The van der Waals surface area contributed by atoms with E-state index in [4.69, 9.17) is 41.5 Å². The van der Waals surface area contributed by atoms with Gasteiger partial charge in [0.05, 0.1) is 0 Å². The molecule has 0 atom stereocenters. The maximum Gasteiger partial charge on any atom is 0.488 e. The van der Waals surface area contributed by atoms with Crippen LogP contribution in [0.15, 0.2) is 389 Å². The Bertz CT molecular complexity index is 7230. The number of hydrogen-bond acceptors (Lipinski definition) is 10. The molecular weight excluding hydrogens is 2010 g/mol. The fourth-order valence-electron chi connectivity index (χ4n) is 25.0. The van der Waals surface area contributed by atoms with Gasteiger partial charge in [-0.15, -0.1) is 0 Å². The van der Waals surface area contributed by atoms with Crippen molar-refractivity contribution < 1.29 is 23.3 Å². The van der Waals surface area contributed by atoms with Crippen LogP contribution in [0.5, 0.6) is 0 Å². The fourth-order valence-corrected chi connectivity index (χ4v) is 25.3. The third-order valence-corrected chi connectivity index (χ3v) is 30.6. The van der Waals surface area contributed by atoms with Crippen molar-refractivity contribution in [3.8, 4) is 168 Å². The zero-order valence-electron chi connectivity index (χ0n) is 74.2. The summed E-state index contributed by atoms with van der Waals surface area (Å²) in [5, 5.41) is 20.5. The molecule has 4 heterocycles. The molecule has 8 fully saturated rings. The van der Waals surface area contributed by atoms with Gasteiger partial charge in [0.15, 0.2) is 34.9 Å². The van der Waals surface area contributed by atoms with E-state index in [0.717, 1.165) is 107 Å². The summed E-state index contributed by atoms with van der Waals surface area (Å²) in [6, 6.07) is 128. The Morgan fingerprint density at radius 1 is 0.237 bits per heavy atom. The van der Waals surface area contributed by atoms with Gasteiger partial charge in [-0.25, -0.2) is 29.9 Å². The number of nitrogens with zero attached hydrogens (tertiary/aromatic N) is 8. The second-order valence-electron chi connectivity index (χ2n) is 37.8. The van der Waals surface area contributed by atoms with Crippen LogP contribution in [0, 0.1) is 47.3 Å². The summed E-state index contributed by atoms with van der Waals surface area (Å²) in [6.45, 7) is 0. The van der Waals surface area contributed by atoms with Crippen LogP contribution in [0.3, 0.4) is 0 Å². The Morgan fingerprint density at radius 2 is 0.489 bits per heavy atom. The predicted molar refractivity (Wildman–Crippen MR) is 562 cm³/mol. The van der Waals surface area contributed by atoms with E-state index in [9.17, 15) is 10.0 Å². The number of halogens is 4. The van der Waals surface area contributed by atoms with E-state index >= 15 is 0 Å². The molecular formula is C120H94BClI3N8O2-. The van der Waals surface area contributed by atoms with Gasteiger partial charge in [-0.3, -0.25) is 9.97 Å². The maximum absolute atomic E-state index is 9.96. The Morgan fingerprint density at radius 3 is 0.844 bits per heavy atom. The standard InChI is InChI=1S/C60H46N4.C32H21ClN4.C28H27BO2.I3/c1-4-10-40(11-5-1)46-21-23-55-54(36-46)53-22-20-47(37-56(53)60(55)51-29-38-28-39(31-51)32-52(60)30-38)49-33-48(42-18-16-41(17-19-42)43-24-26-61-27-25-43)34-50(35-49)59-63-57(44-12-6-2-7-13-44)62-58(64-59)45-14-8-3-9-15-45;33-29-20-27(23-13-11-22(12-14-23)24-15-17-34-18-16-24)19-28(21-29)32-36-30(25-7-3-1-4-8-25)35-31(37-32)26-9-5-2-6-10-26;30-29(31)23-7-8-24-25-15-20(19-4-2-1-3-5-19)6-9-26(25)28(27(24)16-23)21-11-17-10-18(13-21)14-22(28)12-17;1-3-2/h1-27,33-39,51-52H,28-32H2;1-21H;1-9,15-18,21-22,30-31H,10-14H2;/q;;;-1. The molecule has 8 bridgehead atoms. The summed E-state index contributed by atoms with van der Waals surface area (Å²) in [4.78, 5) is 38.3. The Labute approximate surface area is 823 Å². The molecule has 0 amide bonds. The zero-order chi connectivity index (χ0) is 90.7. The number of fused-ring (bicyclic) bond motifs is 6. The Hall–Kier alpha value is -12.1. The van der Waals surface area contributed by atoms with Gasteiger partial charge in [0.25, 0.3) is 0 Å². The summed E-state index contributed by atoms with van der Waals surface area (Å²) in [6.07, 6.45) is 20.9. The monoisotopic (exact) mass is 2110 g/mol. The molecule has 4 aromatic heterocycles. The van der Waals surface area contributed by atoms with E-state index in [1.54, 1.807) is 23.5 Å². The first-order valence-electron chi connectivity index (χ1n) is 47.1. The molecule has 14 aromatic carbocycles. The molecule has 10 aliphatic rings. The topological polar surface area (TPSA) is 144 Å². The van der Waals surface area contributed by atoms with E-state index in [1.807, 2.05) is 140 Å². The van der Waals surface area contributed by atoms with Crippen LogP contribution in [0.4, 0.5) is 0 Å². The van der Waals surface area contributed by atoms with Gasteiger partial charge in [0.2, 0.25) is 0 Å². The van der Waals surface area contributed by atoms with Gasteiger partial charge < -0.3 is 10.0 Å². The van der Waals surface area contributed by atoms with Crippen molar-refractivity contribution in [1.82, 2.24) is 39.9 Å². The van der Waals surface area contributed by atoms with Crippen molar-refractivity contribution in [2.45, 2.75) is 75.0 Å². The van der Waals surface area contributed by atoms with Gasteiger partial charge in [-0.1, -0.05) is 297 Å². The summed E-state index contributed by atoms with van der Waals surface area (Å²) in [5.74, 6) is 10.0. The molecule has 8 saturated carbocycles. The van der Waals surface area contributed by atoms with Gasteiger partial charge in [-0.05, 0) is 318 Å². The molecule has 0 aliphatic heterocycles. The molecule has 15 heteroatoms. The minimum atomic E-state index is -1.41. The van der Waals surface area contributed by atoms with E-state index < -0.39 is 7.12 Å². The van der Waals surface area contributed by atoms with Crippen molar-refractivity contribution in [3.63, 3.8) is 0 Å². The van der Waals surface area contributed by atoms with Gasteiger partial charge in [0, 0.05) is 74.0 Å². The average molecular weight is 2110 g/mol. The maximum atomic E-state index is 9.96. The van der Waals surface area contributed by atoms with Crippen LogP contribution in [-0.2, 0) is 10.8 Å². The number of hydrogen-bond donors (Lipinski definition) is 2. The van der Waals surface area contributed by atoms with Crippen molar-refractivity contribution in [1.29, 1.82) is 0 Å². The molecule has 0 unspecified atom stereocenters. The largest absolute Gasteiger partial charge is 0.488 e. The Kier molecular flexibility index (Phi) is 24.2. The minimum Gasteiger partial charge on any atom is -0.423 e. The molecule has 2 N–H and O–H groups in total. The molecule has 135 heavy (non-hydrogen) atoms. The first kappa shape index (κ1) is 86.9. The van der Waals surface area contributed by atoms with Crippen molar-refractivity contribution >= 4 is 61.4 Å². The molecule has 0 saturated heterocycles. The summed E-state index contributed by atoms with van der Waals surface area (Å²) in [5.41, 5.74) is 34.2. The summed E-state index contributed by atoms with van der Waals surface area (Å²) < 4.78 is 0. The quantitative estimate of drug-likeness (QED) is 0.0798. The first-order valence-corrected chi connectivity index (χ1v) is 60.0. The molecule has 10 nitrogen and oxygen atoms in total. The van der Waals surface area contributed by atoms with Crippen LogP contribution in [0.1, 0.15) is 86.5 Å². The van der Waals surface area contributed by atoms with Crippen LogP contribution in [0.25, 0.3) is 168 Å². The molecule has 0 radical (unpaired) electrons. The number of aromatic nitrogens is 8. The van der Waals surface area contributed by atoms with E-state index in [2.05, 4.69) is 284 Å². The molecule has 28 rings (SSSR count). The van der Waals surface area contributed by atoms with Gasteiger partial charge >= 0.3 is 57.6 Å². The van der Waals surface area contributed by atoms with Crippen molar-refractivity contribution in [2.24, 2.45) is 47.3 Å². The number of rotatable bonds is 14. The molecule has 658 valence electrons. The van der Waals surface area contributed by atoms with E-state index in [1.165, 1.54) is 125 Å². The fraction of sp³-hybridized carbons (Fsp3) is 0.167. The predicted octanol–water partition coefficient (Wildman–Crippen LogP) is 26.4. The Balaban J connectivity index is 0.000000122. The second-order valence-corrected chi connectivity index (χ2v) is 54.5. The van der Waals surface area contributed by atoms with Gasteiger partial charge in [-0.2, -0.15) is 0 Å². The third-order valence-electron chi connectivity index (χ3n) is 30.4. The zero-order valence-corrected chi connectivity index (χ0v) is 81.4. The van der Waals surface area contributed by atoms with Crippen molar-refractivity contribution in [3.05, 3.63) is 416 Å². The molecule has 2 spiro atoms. The number of pyridine rings is 2. The second kappa shape index (κ2) is 37.5. The van der Waals surface area contributed by atoms with E-state index in [-0.39, 0.29) is 10.8 Å². The van der Waals surface area contributed by atoms with Crippen LogP contribution < -0.4 is 18.7 Å². The third kappa shape index (κ3) is 16.7. The molecule has 18 aromatic rings. The van der Waals surface area contributed by atoms with Crippen LogP contribution in [0.2, 0.25) is 5.02 Å². The van der Waals surface area contributed by atoms with Crippen molar-refractivity contribution in [2.75, 3.05) is 0 Å². The minimum absolute atomic E-state index is 0.0376. The SMILES string of the molecule is Clc1cc(-c2ccc(-c3ccncc3)cc2)cc(-c2nc(-c3ccccc3)nc(-c3ccccc3)n2)c1.I[I-]I.OB(O)c1ccc2c(c1)C1(c3ccc(-c4ccccc4)cc3-2)C2CC3CC(C2)CC1C3.c1ccc(-c2ccc3c(c2)-c2ccc(-c4cc(-c5ccc(-c6ccncc6)cc5)cc(-c5nc(-c6ccccc6)nc(-c6ccccc6)n5)c4)cc2C32C3CC4CC(C3)CC2C4)cc1. The number of benzene rings is 14. The normalized spacial score (nSPS) is 20.5. The summed E-state index contributed by atoms with van der Waals surface area (Å²) in [7, 11) is -1.41.